The van der Waals surface area contributed by atoms with E-state index in [0.717, 1.165) is 32.2 Å². The fourth-order valence-corrected chi connectivity index (χ4v) is 5.48. The molecular formula is C19H35NO. The molecule has 122 valence electrons. The van der Waals surface area contributed by atoms with E-state index in [4.69, 9.17) is 5.73 Å². The molecule has 0 heterocycles. The van der Waals surface area contributed by atoms with Crippen molar-refractivity contribution in [2.45, 2.75) is 71.8 Å². The first-order valence-corrected chi connectivity index (χ1v) is 8.92. The lowest BCUT2D eigenvalue weighted by molar-refractivity contribution is -0.0483. The van der Waals surface area contributed by atoms with Gasteiger partial charge in [0.05, 0.1) is 6.10 Å². The molecule has 4 atom stereocenters. The molecule has 0 saturated heterocycles. The summed E-state index contributed by atoms with van der Waals surface area (Å²) in [5.74, 6) is 1.97. The minimum atomic E-state index is -0.0709. The molecule has 0 aromatic carbocycles. The molecule has 2 saturated carbocycles. The van der Waals surface area contributed by atoms with Gasteiger partial charge in [0.2, 0.25) is 0 Å². The van der Waals surface area contributed by atoms with Gasteiger partial charge in [0, 0.05) is 0 Å². The van der Waals surface area contributed by atoms with Gasteiger partial charge in [0.25, 0.3) is 0 Å². The van der Waals surface area contributed by atoms with Crippen LogP contribution >= 0.6 is 0 Å². The number of hydrogen-bond donors (Lipinski definition) is 2. The van der Waals surface area contributed by atoms with Gasteiger partial charge in [-0.05, 0) is 73.7 Å². The van der Waals surface area contributed by atoms with Crippen LogP contribution in [0.25, 0.3) is 0 Å². The summed E-state index contributed by atoms with van der Waals surface area (Å²) in [6.45, 7) is 12.0. The lowest BCUT2D eigenvalue weighted by atomic mass is 9.51. The van der Waals surface area contributed by atoms with E-state index in [2.05, 4.69) is 33.4 Å². The Bertz CT molecular complexity index is 359. The number of nitrogens with two attached hydrogens (primary N) is 1. The number of allylic oxidation sites excluding steroid dienone is 1. The van der Waals surface area contributed by atoms with Crippen molar-refractivity contribution in [1.29, 1.82) is 0 Å². The Balaban J connectivity index is 2.22. The normalized spacial score (nSPS) is 48.0. The Morgan fingerprint density at radius 3 is 2.29 bits per heavy atom. The Labute approximate surface area is 131 Å². The van der Waals surface area contributed by atoms with E-state index in [1.807, 2.05) is 0 Å². The maximum atomic E-state index is 9.84. The molecule has 0 aliphatic heterocycles. The van der Waals surface area contributed by atoms with Gasteiger partial charge in [0.15, 0.2) is 0 Å². The fourth-order valence-electron chi connectivity index (χ4n) is 5.48. The van der Waals surface area contributed by atoms with E-state index in [-0.39, 0.29) is 11.5 Å². The highest BCUT2D eigenvalue weighted by atomic mass is 16.3. The molecule has 0 amide bonds. The third kappa shape index (κ3) is 3.07. The molecule has 2 fully saturated rings. The highest BCUT2D eigenvalue weighted by molar-refractivity contribution is 5.06. The Kier molecular flexibility index (Phi) is 5.20. The number of aliphatic hydroxyl groups excluding tert-OH is 1. The second kappa shape index (κ2) is 6.42. The lowest BCUT2D eigenvalue weighted by Crippen LogP contribution is -2.49. The second-order valence-corrected chi connectivity index (χ2v) is 8.15. The van der Waals surface area contributed by atoms with Crippen molar-refractivity contribution >= 4 is 0 Å². The van der Waals surface area contributed by atoms with Gasteiger partial charge < -0.3 is 10.8 Å². The molecule has 2 rings (SSSR count). The second-order valence-electron chi connectivity index (χ2n) is 8.15. The van der Waals surface area contributed by atoms with E-state index in [0.29, 0.717) is 23.2 Å². The fraction of sp³-hybridized carbons (Fsp3) is 0.895. The molecule has 2 aliphatic rings. The predicted octanol–water partition coefficient (Wildman–Crippen LogP) is 4.13. The molecule has 2 heteroatoms. The van der Waals surface area contributed by atoms with E-state index in [1.54, 1.807) is 0 Å². The quantitative estimate of drug-likeness (QED) is 0.766. The standard InChI is InChI=1S/C19H35NO/c1-5-16-15(13-20)17(9-12-18(16,3)6-2)19(4)10-7-14(21)8-11-19/h6,14-17,21H,2,5,7-13,20H2,1,3-4H3. The number of aliphatic hydroxyl groups is 1. The van der Waals surface area contributed by atoms with Crippen LogP contribution in [0.2, 0.25) is 0 Å². The molecule has 2 aliphatic carbocycles. The molecule has 3 N–H and O–H groups in total. The van der Waals surface area contributed by atoms with Gasteiger partial charge in [-0.15, -0.1) is 6.58 Å². The van der Waals surface area contributed by atoms with E-state index in [9.17, 15) is 5.11 Å². The van der Waals surface area contributed by atoms with Crippen molar-refractivity contribution < 1.29 is 5.11 Å². The van der Waals surface area contributed by atoms with Crippen LogP contribution in [0.4, 0.5) is 0 Å². The van der Waals surface area contributed by atoms with Crippen LogP contribution < -0.4 is 5.73 Å². The van der Waals surface area contributed by atoms with Gasteiger partial charge >= 0.3 is 0 Å². The summed E-state index contributed by atoms with van der Waals surface area (Å²) in [5, 5.41) is 9.84. The Morgan fingerprint density at radius 1 is 1.19 bits per heavy atom. The summed E-state index contributed by atoms with van der Waals surface area (Å²) in [6.07, 6.45) is 10.1. The number of rotatable bonds is 4. The van der Waals surface area contributed by atoms with Gasteiger partial charge in [-0.25, -0.2) is 0 Å². The minimum absolute atomic E-state index is 0.0709. The summed E-state index contributed by atoms with van der Waals surface area (Å²) >= 11 is 0. The summed E-state index contributed by atoms with van der Waals surface area (Å²) in [4.78, 5) is 0. The Hall–Kier alpha value is -0.340. The van der Waals surface area contributed by atoms with Gasteiger partial charge in [-0.3, -0.25) is 0 Å². The topological polar surface area (TPSA) is 46.2 Å². The first-order chi connectivity index (χ1) is 9.90. The van der Waals surface area contributed by atoms with Gasteiger partial charge in [0.1, 0.15) is 0 Å². The van der Waals surface area contributed by atoms with E-state index in [1.165, 1.54) is 19.3 Å². The first kappa shape index (κ1) is 17.0. The average Bonchev–Trinajstić information content (AvgIpc) is 2.49. The van der Waals surface area contributed by atoms with Crippen LogP contribution in [0.5, 0.6) is 0 Å². The zero-order valence-electron chi connectivity index (χ0n) is 14.3. The molecule has 21 heavy (non-hydrogen) atoms. The lowest BCUT2D eigenvalue weighted by Gasteiger charge is -2.55. The van der Waals surface area contributed by atoms with Crippen LogP contribution in [0.3, 0.4) is 0 Å². The van der Waals surface area contributed by atoms with E-state index < -0.39 is 0 Å². The molecule has 4 unspecified atom stereocenters. The van der Waals surface area contributed by atoms with Crippen molar-refractivity contribution in [3.63, 3.8) is 0 Å². The van der Waals surface area contributed by atoms with Crippen molar-refractivity contribution in [3.8, 4) is 0 Å². The summed E-state index contributed by atoms with van der Waals surface area (Å²) in [7, 11) is 0. The molecule has 0 bridgehead atoms. The van der Waals surface area contributed by atoms with Crippen molar-refractivity contribution in [2.75, 3.05) is 6.54 Å². The SMILES string of the molecule is C=CC1(C)CCC(C2(C)CCC(O)CC2)C(CN)C1CC. The third-order valence-electron chi connectivity index (χ3n) is 7.05. The van der Waals surface area contributed by atoms with Gasteiger partial charge in [-0.2, -0.15) is 0 Å². The molecule has 0 aromatic heterocycles. The van der Waals surface area contributed by atoms with Gasteiger partial charge in [-0.1, -0.05) is 33.3 Å². The largest absolute Gasteiger partial charge is 0.393 e. The monoisotopic (exact) mass is 293 g/mol. The summed E-state index contributed by atoms with van der Waals surface area (Å²) < 4.78 is 0. The summed E-state index contributed by atoms with van der Waals surface area (Å²) in [5.41, 5.74) is 6.87. The van der Waals surface area contributed by atoms with Crippen molar-refractivity contribution in [2.24, 2.45) is 34.3 Å². The van der Waals surface area contributed by atoms with Crippen molar-refractivity contribution in [3.05, 3.63) is 12.7 Å². The minimum Gasteiger partial charge on any atom is -0.393 e. The molecule has 0 aromatic rings. The van der Waals surface area contributed by atoms with E-state index >= 15 is 0 Å². The van der Waals surface area contributed by atoms with Crippen LogP contribution in [-0.2, 0) is 0 Å². The third-order valence-corrected chi connectivity index (χ3v) is 7.05. The maximum Gasteiger partial charge on any atom is 0.0540 e. The highest BCUT2D eigenvalue weighted by Gasteiger charge is 2.49. The van der Waals surface area contributed by atoms with Crippen LogP contribution in [-0.4, -0.2) is 17.8 Å². The Morgan fingerprint density at radius 2 is 1.81 bits per heavy atom. The first-order valence-electron chi connectivity index (χ1n) is 8.92. The average molecular weight is 293 g/mol. The van der Waals surface area contributed by atoms with Crippen LogP contribution in [0, 0.1) is 28.6 Å². The maximum absolute atomic E-state index is 9.84. The predicted molar refractivity (Wildman–Crippen MR) is 89.9 cm³/mol. The zero-order valence-corrected chi connectivity index (χ0v) is 14.3. The number of hydrogen-bond acceptors (Lipinski definition) is 2. The highest BCUT2D eigenvalue weighted by Crippen LogP contribution is 2.57. The molecule has 2 nitrogen and oxygen atoms in total. The van der Waals surface area contributed by atoms with Crippen LogP contribution in [0.15, 0.2) is 12.7 Å². The molecule has 0 spiro atoms. The van der Waals surface area contributed by atoms with Crippen molar-refractivity contribution in [1.82, 2.24) is 0 Å². The molecular weight excluding hydrogens is 258 g/mol. The smallest absolute Gasteiger partial charge is 0.0540 e. The van der Waals surface area contributed by atoms with Crippen LogP contribution in [0.1, 0.15) is 65.7 Å². The summed E-state index contributed by atoms with van der Waals surface area (Å²) in [6, 6.07) is 0. The zero-order chi connectivity index (χ0) is 15.7. The molecule has 0 radical (unpaired) electrons.